The van der Waals surface area contributed by atoms with Gasteiger partial charge in [0.25, 0.3) is 5.91 Å². The third-order valence-corrected chi connectivity index (χ3v) is 5.16. The largest absolute Gasteiger partial charge is 0.361 e. The van der Waals surface area contributed by atoms with Crippen LogP contribution in [0.5, 0.6) is 0 Å². The summed E-state index contributed by atoms with van der Waals surface area (Å²) >= 11 is 6.10. The molecule has 2 heterocycles. The number of imidazole rings is 1. The zero-order chi connectivity index (χ0) is 19.5. The second kappa shape index (κ2) is 7.90. The number of hydrogen-bond acceptors (Lipinski definition) is 2. The molecule has 0 saturated carbocycles. The van der Waals surface area contributed by atoms with Crippen LogP contribution in [0.25, 0.3) is 10.9 Å². The summed E-state index contributed by atoms with van der Waals surface area (Å²) < 4.78 is 1.88. The van der Waals surface area contributed by atoms with Gasteiger partial charge in [-0.3, -0.25) is 4.79 Å². The van der Waals surface area contributed by atoms with Crippen molar-refractivity contribution >= 4 is 28.4 Å². The first-order valence-corrected chi connectivity index (χ1v) is 9.59. The molecule has 0 fully saturated rings. The molecule has 0 spiro atoms. The van der Waals surface area contributed by atoms with E-state index in [1.807, 2.05) is 47.3 Å². The zero-order valence-electron chi connectivity index (χ0n) is 15.6. The summed E-state index contributed by atoms with van der Waals surface area (Å²) in [6.45, 7) is 3.21. The Bertz CT molecular complexity index is 1130. The number of carbonyl (C=O) groups excluding carboxylic acids is 1. The molecule has 0 aliphatic carbocycles. The molecular formula is C22H21ClN4O. The molecule has 0 atom stereocenters. The number of amides is 1. The van der Waals surface area contributed by atoms with Gasteiger partial charge in [-0.1, -0.05) is 35.9 Å². The smallest absolute Gasteiger partial charge is 0.287 e. The lowest BCUT2D eigenvalue weighted by Crippen LogP contribution is -2.28. The van der Waals surface area contributed by atoms with E-state index < -0.39 is 0 Å². The highest BCUT2D eigenvalue weighted by Gasteiger charge is 2.13. The number of fused-ring (bicyclic) bond motifs is 1. The minimum atomic E-state index is -0.170. The maximum Gasteiger partial charge on any atom is 0.287 e. The number of aromatic nitrogens is 3. The van der Waals surface area contributed by atoms with Crippen LogP contribution in [-0.4, -0.2) is 27.0 Å². The van der Waals surface area contributed by atoms with E-state index in [1.165, 1.54) is 11.1 Å². The lowest BCUT2D eigenvalue weighted by Gasteiger charge is -2.10. The van der Waals surface area contributed by atoms with Crippen LogP contribution in [0.4, 0.5) is 0 Å². The van der Waals surface area contributed by atoms with E-state index in [-0.39, 0.29) is 5.91 Å². The van der Waals surface area contributed by atoms with Gasteiger partial charge in [0.1, 0.15) is 0 Å². The molecule has 0 aliphatic rings. The summed E-state index contributed by atoms with van der Waals surface area (Å²) in [7, 11) is 0. The van der Waals surface area contributed by atoms with E-state index in [2.05, 4.69) is 34.3 Å². The molecule has 4 aromatic rings. The summed E-state index contributed by atoms with van der Waals surface area (Å²) in [5.74, 6) is 0.252. The molecule has 2 aromatic heterocycles. The highest BCUT2D eigenvalue weighted by atomic mass is 35.5. The first-order chi connectivity index (χ1) is 13.6. The van der Waals surface area contributed by atoms with Crippen molar-refractivity contribution in [3.8, 4) is 0 Å². The van der Waals surface area contributed by atoms with E-state index in [0.29, 0.717) is 30.4 Å². The summed E-state index contributed by atoms with van der Waals surface area (Å²) in [5.41, 5.74) is 4.53. The Balaban J connectivity index is 1.41. The Hall–Kier alpha value is -3.05. The van der Waals surface area contributed by atoms with E-state index in [0.717, 1.165) is 16.5 Å². The second-order valence-electron chi connectivity index (χ2n) is 6.81. The van der Waals surface area contributed by atoms with Crippen LogP contribution < -0.4 is 5.32 Å². The third kappa shape index (κ3) is 3.80. The van der Waals surface area contributed by atoms with E-state index in [9.17, 15) is 4.79 Å². The SMILES string of the molecule is Cc1ccccc1Cn1ccnc1C(=O)NCCc1c[nH]c2ccc(Cl)cc12. The fourth-order valence-corrected chi connectivity index (χ4v) is 3.54. The van der Waals surface area contributed by atoms with Crippen molar-refractivity contribution in [2.24, 2.45) is 0 Å². The van der Waals surface area contributed by atoms with Gasteiger partial charge in [0, 0.05) is 47.6 Å². The van der Waals surface area contributed by atoms with E-state index >= 15 is 0 Å². The number of H-pyrrole nitrogens is 1. The number of benzene rings is 2. The summed E-state index contributed by atoms with van der Waals surface area (Å²) in [6.07, 6.45) is 6.18. The van der Waals surface area contributed by atoms with Crippen molar-refractivity contribution in [2.75, 3.05) is 6.54 Å². The summed E-state index contributed by atoms with van der Waals surface area (Å²) in [4.78, 5) is 20.1. The number of aromatic amines is 1. The average Bonchev–Trinajstić information content (AvgIpc) is 3.30. The summed E-state index contributed by atoms with van der Waals surface area (Å²) in [6, 6.07) is 13.9. The highest BCUT2D eigenvalue weighted by Crippen LogP contribution is 2.22. The maximum atomic E-state index is 12.6. The van der Waals surface area contributed by atoms with Crippen molar-refractivity contribution in [1.29, 1.82) is 0 Å². The van der Waals surface area contributed by atoms with Crippen LogP contribution in [0.1, 0.15) is 27.3 Å². The summed E-state index contributed by atoms with van der Waals surface area (Å²) in [5, 5.41) is 4.76. The minimum absolute atomic E-state index is 0.170. The van der Waals surface area contributed by atoms with Gasteiger partial charge in [0.2, 0.25) is 0 Å². The van der Waals surface area contributed by atoms with Crippen LogP contribution >= 0.6 is 11.6 Å². The molecule has 0 saturated heterocycles. The number of nitrogens with zero attached hydrogens (tertiary/aromatic N) is 2. The van der Waals surface area contributed by atoms with Gasteiger partial charge < -0.3 is 14.9 Å². The lowest BCUT2D eigenvalue weighted by molar-refractivity contribution is 0.0940. The lowest BCUT2D eigenvalue weighted by atomic mass is 10.1. The van der Waals surface area contributed by atoms with Crippen LogP contribution in [0, 0.1) is 6.92 Å². The first kappa shape index (κ1) is 18.3. The normalized spacial score (nSPS) is 11.1. The van der Waals surface area contributed by atoms with Crippen LogP contribution in [-0.2, 0) is 13.0 Å². The number of aryl methyl sites for hydroxylation is 1. The van der Waals surface area contributed by atoms with E-state index in [4.69, 9.17) is 11.6 Å². The van der Waals surface area contributed by atoms with Crippen LogP contribution in [0.15, 0.2) is 61.1 Å². The van der Waals surface area contributed by atoms with Gasteiger partial charge in [-0.15, -0.1) is 0 Å². The van der Waals surface area contributed by atoms with Crippen molar-refractivity contribution in [3.63, 3.8) is 0 Å². The van der Waals surface area contributed by atoms with Gasteiger partial charge in [0.05, 0.1) is 0 Å². The highest BCUT2D eigenvalue weighted by molar-refractivity contribution is 6.31. The molecular weight excluding hydrogens is 372 g/mol. The Morgan fingerprint density at radius 1 is 1.21 bits per heavy atom. The molecule has 0 bridgehead atoms. The van der Waals surface area contributed by atoms with Gasteiger partial charge in [-0.05, 0) is 48.2 Å². The van der Waals surface area contributed by atoms with Gasteiger partial charge in [0.15, 0.2) is 5.82 Å². The predicted octanol–water partition coefficient (Wildman–Crippen LogP) is 4.35. The number of halogens is 1. The van der Waals surface area contributed by atoms with Crippen molar-refractivity contribution in [3.05, 3.63) is 88.6 Å². The monoisotopic (exact) mass is 392 g/mol. The van der Waals surface area contributed by atoms with Gasteiger partial charge >= 0.3 is 0 Å². The first-order valence-electron chi connectivity index (χ1n) is 9.21. The predicted molar refractivity (Wildman–Crippen MR) is 112 cm³/mol. The van der Waals surface area contributed by atoms with Gasteiger partial charge in [-0.25, -0.2) is 4.98 Å². The Kier molecular flexibility index (Phi) is 5.17. The number of hydrogen-bond donors (Lipinski definition) is 2. The topological polar surface area (TPSA) is 62.7 Å². The zero-order valence-corrected chi connectivity index (χ0v) is 16.3. The number of nitrogens with one attached hydrogen (secondary N) is 2. The van der Waals surface area contributed by atoms with Crippen molar-refractivity contribution < 1.29 is 4.79 Å². The fraction of sp³-hybridized carbons (Fsp3) is 0.182. The minimum Gasteiger partial charge on any atom is -0.361 e. The number of rotatable bonds is 6. The molecule has 5 nitrogen and oxygen atoms in total. The molecule has 0 radical (unpaired) electrons. The molecule has 4 rings (SSSR count). The van der Waals surface area contributed by atoms with Crippen molar-refractivity contribution in [2.45, 2.75) is 19.9 Å². The van der Waals surface area contributed by atoms with Gasteiger partial charge in [-0.2, -0.15) is 0 Å². The molecule has 0 unspecified atom stereocenters. The molecule has 28 heavy (non-hydrogen) atoms. The van der Waals surface area contributed by atoms with Crippen LogP contribution in [0.2, 0.25) is 5.02 Å². The van der Waals surface area contributed by atoms with Crippen LogP contribution in [0.3, 0.4) is 0 Å². The fourth-order valence-electron chi connectivity index (χ4n) is 3.36. The van der Waals surface area contributed by atoms with E-state index in [1.54, 1.807) is 6.20 Å². The average molecular weight is 393 g/mol. The molecule has 2 aromatic carbocycles. The molecule has 6 heteroatoms. The quantitative estimate of drug-likeness (QED) is 0.512. The Labute approximate surface area is 168 Å². The third-order valence-electron chi connectivity index (χ3n) is 4.93. The molecule has 2 N–H and O–H groups in total. The molecule has 1 amide bonds. The Morgan fingerprint density at radius 3 is 2.93 bits per heavy atom. The second-order valence-corrected chi connectivity index (χ2v) is 7.25. The van der Waals surface area contributed by atoms with Crippen molar-refractivity contribution in [1.82, 2.24) is 19.9 Å². The molecule has 0 aliphatic heterocycles. The Morgan fingerprint density at radius 2 is 2.07 bits per heavy atom. The maximum absolute atomic E-state index is 12.6. The molecule has 142 valence electrons. The standard InChI is InChI=1S/C22H21ClN4O/c1-15-4-2-3-5-17(15)14-27-11-10-24-21(27)22(28)25-9-8-16-13-26-20-7-6-18(23)12-19(16)20/h2-7,10-13,26H,8-9,14H2,1H3,(H,25,28). The number of carbonyl (C=O) groups is 1.